The van der Waals surface area contributed by atoms with E-state index in [1.165, 1.54) is 19.4 Å². The van der Waals surface area contributed by atoms with Crippen LogP contribution in [0, 0.1) is 0 Å². The van der Waals surface area contributed by atoms with E-state index in [1.807, 2.05) is 25.1 Å². The maximum Gasteiger partial charge on any atom is 0.0781 e. The van der Waals surface area contributed by atoms with Crippen LogP contribution in [0.3, 0.4) is 0 Å². The first kappa shape index (κ1) is 13.4. The summed E-state index contributed by atoms with van der Waals surface area (Å²) in [6, 6.07) is 8.76. The molecular weight excluding hydrogens is 224 g/mol. The smallest absolute Gasteiger partial charge is 0.0781 e. The molecule has 3 heteroatoms. The fourth-order valence-corrected chi connectivity index (χ4v) is 2.81. The van der Waals surface area contributed by atoms with Gasteiger partial charge >= 0.3 is 0 Å². The van der Waals surface area contributed by atoms with Crippen LogP contribution in [-0.2, 0) is 0 Å². The highest BCUT2D eigenvalue weighted by atomic mass is 16.3. The predicted molar refractivity (Wildman–Crippen MR) is 76.0 cm³/mol. The van der Waals surface area contributed by atoms with E-state index in [-0.39, 0.29) is 0 Å². The Morgan fingerprint density at radius 3 is 2.78 bits per heavy atom. The standard InChI is InChI=1S/C15H24N2O/c1-12(18)14-8-4-5-9-15(14)17(3)11-13-7-6-10-16(13)2/h4-5,8-9,12-13,18H,6-7,10-11H2,1-3H3. The largest absolute Gasteiger partial charge is 0.389 e. The van der Waals surface area contributed by atoms with Crippen LogP contribution in [-0.4, -0.2) is 43.2 Å². The number of aliphatic hydroxyl groups excluding tert-OH is 1. The third-order valence-electron chi connectivity index (χ3n) is 3.95. The minimum atomic E-state index is -0.412. The van der Waals surface area contributed by atoms with Gasteiger partial charge in [-0.05, 0) is 39.4 Å². The second-order valence-electron chi connectivity index (χ2n) is 5.39. The molecule has 1 aromatic carbocycles. The van der Waals surface area contributed by atoms with Gasteiger partial charge in [0.25, 0.3) is 0 Å². The normalized spacial score (nSPS) is 22.1. The summed E-state index contributed by atoms with van der Waals surface area (Å²) in [5.41, 5.74) is 2.16. The maximum atomic E-state index is 9.83. The van der Waals surface area contributed by atoms with Gasteiger partial charge in [-0.25, -0.2) is 0 Å². The molecule has 1 aromatic rings. The molecule has 0 aromatic heterocycles. The second kappa shape index (κ2) is 5.72. The summed E-state index contributed by atoms with van der Waals surface area (Å²) in [6.45, 7) is 4.06. The monoisotopic (exact) mass is 248 g/mol. The van der Waals surface area contributed by atoms with Crippen molar-refractivity contribution in [2.45, 2.75) is 31.9 Å². The summed E-state index contributed by atoms with van der Waals surface area (Å²) in [4.78, 5) is 4.70. The van der Waals surface area contributed by atoms with Crippen molar-refractivity contribution in [3.05, 3.63) is 29.8 Å². The molecule has 1 fully saturated rings. The quantitative estimate of drug-likeness (QED) is 0.885. The average Bonchev–Trinajstić information content (AvgIpc) is 2.75. The molecular formula is C15H24N2O. The number of anilines is 1. The molecule has 1 N–H and O–H groups in total. The van der Waals surface area contributed by atoms with Crippen molar-refractivity contribution in [2.75, 3.05) is 32.1 Å². The van der Waals surface area contributed by atoms with E-state index in [0.29, 0.717) is 6.04 Å². The Morgan fingerprint density at radius 1 is 1.44 bits per heavy atom. The fourth-order valence-electron chi connectivity index (χ4n) is 2.81. The number of hydrogen-bond donors (Lipinski definition) is 1. The molecule has 2 unspecified atom stereocenters. The first-order valence-corrected chi connectivity index (χ1v) is 6.78. The van der Waals surface area contributed by atoms with Crippen LogP contribution >= 0.6 is 0 Å². The van der Waals surface area contributed by atoms with Gasteiger partial charge in [0.2, 0.25) is 0 Å². The number of para-hydroxylation sites is 1. The maximum absolute atomic E-state index is 9.83. The Morgan fingerprint density at radius 2 is 2.17 bits per heavy atom. The van der Waals surface area contributed by atoms with Crippen LogP contribution in [0.2, 0.25) is 0 Å². The summed E-state index contributed by atoms with van der Waals surface area (Å²) in [5, 5.41) is 9.83. The van der Waals surface area contributed by atoms with Crippen LogP contribution in [0.5, 0.6) is 0 Å². The predicted octanol–water partition coefficient (Wildman–Crippen LogP) is 2.27. The first-order valence-electron chi connectivity index (χ1n) is 6.78. The molecule has 0 radical (unpaired) electrons. The fraction of sp³-hybridized carbons (Fsp3) is 0.600. The van der Waals surface area contributed by atoms with Gasteiger partial charge in [-0.1, -0.05) is 18.2 Å². The number of likely N-dealkylation sites (N-methyl/N-ethyl adjacent to an activating group) is 2. The molecule has 3 nitrogen and oxygen atoms in total. The molecule has 2 atom stereocenters. The van der Waals surface area contributed by atoms with Gasteiger partial charge in [0.05, 0.1) is 6.10 Å². The number of aliphatic hydroxyl groups is 1. The van der Waals surface area contributed by atoms with E-state index < -0.39 is 6.10 Å². The van der Waals surface area contributed by atoms with Crippen molar-refractivity contribution in [3.63, 3.8) is 0 Å². The Kier molecular flexibility index (Phi) is 4.25. The highest BCUT2D eigenvalue weighted by Crippen LogP contribution is 2.26. The lowest BCUT2D eigenvalue weighted by atomic mass is 10.1. The van der Waals surface area contributed by atoms with Crippen molar-refractivity contribution < 1.29 is 5.11 Å². The second-order valence-corrected chi connectivity index (χ2v) is 5.39. The number of benzene rings is 1. The Hall–Kier alpha value is -1.06. The molecule has 1 heterocycles. The molecule has 0 aliphatic carbocycles. The molecule has 1 aliphatic rings. The van der Waals surface area contributed by atoms with Gasteiger partial charge in [-0.2, -0.15) is 0 Å². The average molecular weight is 248 g/mol. The van der Waals surface area contributed by atoms with Gasteiger partial charge in [-0.3, -0.25) is 0 Å². The summed E-state index contributed by atoms with van der Waals surface area (Å²) in [7, 11) is 4.32. The van der Waals surface area contributed by atoms with E-state index in [0.717, 1.165) is 17.8 Å². The summed E-state index contributed by atoms with van der Waals surface area (Å²) in [5.74, 6) is 0. The summed E-state index contributed by atoms with van der Waals surface area (Å²) in [6.07, 6.45) is 2.16. The molecule has 18 heavy (non-hydrogen) atoms. The SMILES string of the molecule is CC(O)c1ccccc1N(C)CC1CCCN1C. The summed E-state index contributed by atoms with van der Waals surface area (Å²) >= 11 is 0. The lowest BCUT2D eigenvalue weighted by molar-refractivity contribution is 0.199. The molecule has 0 spiro atoms. The van der Waals surface area contributed by atoms with E-state index in [1.54, 1.807) is 0 Å². The van der Waals surface area contributed by atoms with Crippen molar-refractivity contribution in [1.82, 2.24) is 4.90 Å². The van der Waals surface area contributed by atoms with E-state index in [9.17, 15) is 5.11 Å². The number of likely N-dealkylation sites (tertiary alicyclic amines) is 1. The Bertz CT molecular complexity index is 392. The van der Waals surface area contributed by atoms with Crippen molar-refractivity contribution >= 4 is 5.69 Å². The third-order valence-corrected chi connectivity index (χ3v) is 3.95. The topological polar surface area (TPSA) is 26.7 Å². The zero-order valence-electron chi connectivity index (χ0n) is 11.6. The van der Waals surface area contributed by atoms with Crippen LogP contribution < -0.4 is 4.90 Å². The van der Waals surface area contributed by atoms with Crippen molar-refractivity contribution in [2.24, 2.45) is 0 Å². The minimum absolute atomic E-state index is 0.412. The van der Waals surface area contributed by atoms with Crippen LogP contribution in [0.4, 0.5) is 5.69 Å². The molecule has 1 aliphatic heterocycles. The van der Waals surface area contributed by atoms with Crippen LogP contribution in [0.25, 0.3) is 0 Å². The van der Waals surface area contributed by atoms with Crippen LogP contribution in [0.15, 0.2) is 24.3 Å². The lowest BCUT2D eigenvalue weighted by Gasteiger charge is -2.29. The highest BCUT2D eigenvalue weighted by Gasteiger charge is 2.23. The molecule has 0 bridgehead atoms. The van der Waals surface area contributed by atoms with Gasteiger partial charge in [-0.15, -0.1) is 0 Å². The molecule has 0 saturated carbocycles. The molecule has 0 amide bonds. The molecule has 1 saturated heterocycles. The first-order chi connectivity index (χ1) is 8.59. The summed E-state index contributed by atoms with van der Waals surface area (Å²) < 4.78 is 0. The van der Waals surface area contributed by atoms with Gasteiger partial charge in [0.15, 0.2) is 0 Å². The number of nitrogens with zero attached hydrogens (tertiary/aromatic N) is 2. The van der Waals surface area contributed by atoms with E-state index in [4.69, 9.17) is 0 Å². The van der Waals surface area contributed by atoms with Crippen molar-refractivity contribution in [3.8, 4) is 0 Å². The highest BCUT2D eigenvalue weighted by molar-refractivity contribution is 5.54. The Balaban J connectivity index is 2.10. The zero-order chi connectivity index (χ0) is 13.1. The van der Waals surface area contributed by atoms with Gasteiger partial charge < -0.3 is 14.9 Å². The molecule has 2 rings (SSSR count). The lowest BCUT2D eigenvalue weighted by Crippen LogP contribution is -2.37. The van der Waals surface area contributed by atoms with E-state index in [2.05, 4.69) is 30.0 Å². The van der Waals surface area contributed by atoms with Gasteiger partial charge in [0.1, 0.15) is 0 Å². The third kappa shape index (κ3) is 2.85. The van der Waals surface area contributed by atoms with Crippen molar-refractivity contribution in [1.29, 1.82) is 0 Å². The van der Waals surface area contributed by atoms with Gasteiger partial charge in [0, 0.05) is 30.9 Å². The van der Waals surface area contributed by atoms with E-state index >= 15 is 0 Å². The number of rotatable bonds is 4. The molecule has 100 valence electrons. The zero-order valence-corrected chi connectivity index (χ0v) is 11.6. The number of hydrogen-bond acceptors (Lipinski definition) is 3. The Labute approximate surface area is 110 Å². The van der Waals surface area contributed by atoms with Crippen LogP contribution in [0.1, 0.15) is 31.4 Å². The minimum Gasteiger partial charge on any atom is -0.389 e.